The molecule has 0 radical (unpaired) electrons. The first-order valence-corrected chi connectivity index (χ1v) is 7.94. The fourth-order valence-corrected chi connectivity index (χ4v) is 2.43. The Morgan fingerprint density at radius 1 is 1.32 bits per heavy atom. The van der Waals surface area contributed by atoms with Gasteiger partial charge in [-0.15, -0.1) is 10.2 Å². The maximum atomic E-state index is 12.7. The number of aromatic nitrogens is 1. The number of azo groups is 1. The van der Waals surface area contributed by atoms with Crippen molar-refractivity contribution < 1.29 is 9.84 Å². The lowest BCUT2D eigenvalue weighted by Crippen LogP contribution is -2.23. The average molecular weight is 340 g/mol. The minimum Gasteiger partial charge on any atom is -0.493 e. The summed E-state index contributed by atoms with van der Waals surface area (Å²) in [7, 11) is 0. The molecule has 0 saturated heterocycles. The van der Waals surface area contributed by atoms with Crippen molar-refractivity contribution in [1.82, 2.24) is 4.57 Å². The Morgan fingerprint density at radius 2 is 2.00 bits per heavy atom. The summed E-state index contributed by atoms with van der Waals surface area (Å²) in [6.45, 7) is 7.38. The predicted octanol–water partition coefficient (Wildman–Crippen LogP) is 4.13. The number of rotatable bonds is 5. The van der Waals surface area contributed by atoms with Gasteiger partial charge in [-0.25, -0.2) is 0 Å². The minimum atomic E-state index is -0.498. The number of para-hydroxylation sites is 1. The van der Waals surface area contributed by atoms with Crippen molar-refractivity contribution in [2.75, 3.05) is 6.61 Å². The van der Waals surface area contributed by atoms with Crippen molar-refractivity contribution in [3.05, 3.63) is 45.7 Å². The van der Waals surface area contributed by atoms with Crippen LogP contribution in [0, 0.1) is 18.3 Å². The topological polar surface area (TPSA) is 100.0 Å². The molecule has 0 aliphatic rings. The molecule has 0 atom stereocenters. The molecule has 1 N–H and O–H groups in total. The fourth-order valence-electron chi connectivity index (χ4n) is 2.43. The number of hydrogen-bond acceptors (Lipinski definition) is 6. The van der Waals surface area contributed by atoms with Gasteiger partial charge in [0.05, 0.1) is 6.61 Å². The van der Waals surface area contributed by atoms with E-state index < -0.39 is 5.56 Å². The second-order valence-corrected chi connectivity index (χ2v) is 5.65. The second kappa shape index (κ2) is 7.62. The number of hydrogen-bond donors (Lipinski definition) is 1. The molecule has 0 fully saturated rings. The van der Waals surface area contributed by atoms with E-state index in [4.69, 9.17) is 4.74 Å². The van der Waals surface area contributed by atoms with Gasteiger partial charge in [-0.3, -0.25) is 9.36 Å². The molecular weight excluding hydrogens is 320 g/mol. The summed E-state index contributed by atoms with van der Waals surface area (Å²) in [5, 5.41) is 27.7. The number of nitriles is 1. The van der Waals surface area contributed by atoms with Crippen LogP contribution in [0.25, 0.3) is 0 Å². The lowest BCUT2D eigenvalue weighted by atomic mass is 10.1. The molecule has 0 spiro atoms. The molecule has 0 aliphatic carbocycles. The lowest BCUT2D eigenvalue weighted by molar-refractivity contribution is 0.341. The summed E-state index contributed by atoms with van der Waals surface area (Å²) >= 11 is 0. The van der Waals surface area contributed by atoms with Crippen LogP contribution in [0.15, 0.2) is 39.3 Å². The van der Waals surface area contributed by atoms with E-state index in [9.17, 15) is 15.2 Å². The Labute approximate surface area is 145 Å². The highest BCUT2D eigenvalue weighted by atomic mass is 16.5. The first-order valence-electron chi connectivity index (χ1n) is 7.94. The molecule has 25 heavy (non-hydrogen) atoms. The van der Waals surface area contributed by atoms with Gasteiger partial charge in [0.1, 0.15) is 23.1 Å². The molecule has 1 aromatic carbocycles. The zero-order valence-electron chi connectivity index (χ0n) is 14.6. The zero-order valence-corrected chi connectivity index (χ0v) is 14.6. The molecule has 130 valence electrons. The molecule has 0 aliphatic heterocycles. The van der Waals surface area contributed by atoms with Crippen molar-refractivity contribution in [3.8, 4) is 17.7 Å². The van der Waals surface area contributed by atoms with Crippen LogP contribution < -0.4 is 10.3 Å². The van der Waals surface area contributed by atoms with E-state index in [1.54, 1.807) is 39.0 Å². The Hall–Kier alpha value is -3.14. The van der Waals surface area contributed by atoms with Gasteiger partial charge in [-0.05, 0) is 39.8 Å². The van der Waals surface area contributed by atoms with E-state index in [0.29, 0.717) is 23.6 Å². The minimum absolute atomic E-state index is 0.0142. The number of pyridine rings is 1. The maximum Gasteiger partial charge on any atom is 0.281 e. The lowest BCUT2D eigenvalue weighted by Gasteiger charge is -2.15. The van der Waals surface area contributed by atoms with Gasteiger partial charge in [0.2, 0.25) is 5.88 Å². The van der Waals surface area contributed by atoms with E-state index in [-0.39, 0.29) is 23.2 Å². The van der Waals surface area contributed by atoms with Crippen LogP contribution >= 0.6 is 0 Å². The Morgan fingerprint density at radius 3 is 2.60 bits per heavy atom. The van der Waals surface area contributed by atoms with Crippen molar-refractivity contribution in [2.45, 2.75) is 33.7 Å². The van der Waals surface area contributed by atoms with E-state index >= 15 is 0 Å². The maximum absolute atomic E-state index is 12.7. The van der Waals surface area contributed by atoms with Gasteiger partial charge in [-0.1, -0.05) is 12.1 Å². The van der Waals surface area contributed by atoms with Gasteiger partial charge >= 0.3 is 0 Å². The molecule has 1 aromatic heterocycles. The number of aromatic hydroxyl groups is 1. The highest BCUT2D eigenvalue weighted by Gasteiger charge is 2.20. The molecule has 7 heteroatoms. The van der Waals surface area contributed by atoms with Crippen molar-refractivity contribution in [2.24, 2.45) is 10.2 Å². The smallest absolute Gasteiger partial charge is 0.281 e. The van der Waals surface area contributed by atoms with Crippen LogP contribution in [0.1, 0.15) is 37.9 Å². The van der Waals surface area contributed by atoms with E-state index in [0.717, 1.165) is 4.57 Å². The van der Waals surface area contributed by atoms with Crippen LogP contribution in [-0.4, -0.2) is 16.3 Å². The summed E-state index contributed by atoms with van der Waals surface area (Å²) in [5.74, 6) is 0.198. The molecule has 0 saturated carbocycles. The SMILES string of the molecule is CCOc1ccccc1N=Nc1c(C)c(C#N)c(O)n(C(C)C)c1=O. The van der Waals surface area contributed by atoms with Crippen LogP contribution in [0.3, 0.4) is 0 Å². The Balaban J connectivity index is 2.63. The van der Waals surface area contributed by atoms with Gasteiger partial charge in [-0.2, -0.15) is 5.26 Å². The number of nitrogens with zero attached hydrogens (tertiary/aromatic N) is 4. The van der Waals surface area contributed by atoms with E-state index in [1.807, 2.05) is 19.1 Å². The molecule has 0 unspecified atom stereocenters. The van der Waals surface area contributed by atoms with Gasteiger partial charge in [0.15, 0.2) is 5.69 Å². The molecular formula is C18H20N4O3. The molecule has 1 heterocycles. The highest BCUT2D eigenvalue weighted by molar-refractivity contribution is 5.57. The van der Waals surface area contributed by atoms with Gasteiger partial charge < -0.3 is 9.84 Å². The standard InChI is InChI=1S/C18H20N4O3/c1-5-25-15-9-7-6-8-14(15)20-21-16-12(4)13(10-19)17(23)22(11(2)3)18(16)24/h6-9,11,23H,5H2,1-4H3. The van der Waals surface area contributed by atoms with Gasteiger partial charge in [0.25, 0.3) is 5.56 Å². The van der Waals surface area contributed by atoms with Crippen LogP contribution in [0.4, 0.5) is 11.4 Å². The monoisotopic (exact) mass is 340 g/mol. The van der Waals surface area contributed by atoms with E-state index in [2.05, 4.69) is 10.2 Å². The molecule has 0 bridgehead atoms. The molecule has 2 rings (SSSR count). The van der Waals surface area contributed by atoms with Crippen LogP contribution in [0.5, 0.6) is 11.6 Å². The highest BCUT2D eigenvalue weighted by Crippen LogP contribution is 2.31. The predicted molar refractivity (Wildman–Crippen MR) is 94.0 cm³/mol. The zero-order chi connectivity index (χ0) is 18.6. The quantitative estimate of drug-likeness (QED) is 0.827. The van der Waals surface area contributed by atoms with E-state index in [1.165, 1.54) is 0 Å². The Kier molecular flexibility index (Phi) is 5.55. The third-order valence-corrected chi connectivity index (χ3v) is 3.65. The van der Waals surface area contributed by atoms with Crippen LogP contribution in [0.2, 0.25) is 0 Å². The molecule has 0 amide bonds. The van der Waals surface area contributed by atoms with Gasteiger partial charge in [0, 0.05) is 11.6 Å². The van der Waals surface area contributed by atoms with Crippen molar-refractivity contribution in [3.63, 3.8) is 0 Å². The largest absolute Gasteiger partial charge is 0.493 e. The summed E-state index contributed by atoms with van der Waals surface area (Å²) in [5.41, 5.74) is 0.307. The third-order valence-electron chi connectivity index (χ3n) is 3.65. The van der Waals surface area contributed by atoms with Crippen molar-refractivity contribution in [1.29, 1.82) is 5.26 Å². The Bertz CT molecular complexity index is 908. The second-order valence-electron chi connectivity index (χ2n) is 5.65. The fraction of sp³-hybridized carbons (Fsp3) is 0.333. The first-order chi connectivity index (χ1) is 11.9. The third kappa shape index (κ3) is 3.53. The summed E-state index contributed by atoms with van der Waals surface area (Å²) < 4.78 is 6.62. The number of ether oxygens (including phenoxy) is 1. The van der Waals surface area contributed by atoms with Crippen LogP contribution in [-0.2, 0) is 0 Å². The average Bonchev–Trinajstić information content (AvgIpc) is 2.56. The summed E-state index contributed by atoms with van der Waals surface area (Å²) in [6, 6.07) is 8.67. The summed E-state index contributed by atoms with van der Waals surface area (Å²) in [4.78, 5) is 12.7. The van der Waals surface area contributed by atoms with Crippen molar-refractivity contribution >= 4 is 11.4 Å². The first kappa shape index (κ1) is 18.2. The summed E-state index contributed by atoms with van der Waals surface area (Å²) in [6.07, 6.45) is 0. The number of benzene rings is 1. The molecule has 2 aromatic rings. The molecule has 7 nitrogen and oxygen atoms in total. The normalized spacial score (nSPS) is 11.0.